The summed E-state index contributed by atoms with van der Waals surface area (Å²) in [5.74, 6) is 0. The van der Waals surface area contributed by atoms with E-state index in [0.29, 0.717) is 12.6 Å². The van der Waals surface area contributed by atoms with Crippen molar-refractivity contribution in [1.82, 2.24) is 9.80 Å². The van der Waals surface area contributed by atoms with Crippen LogP contribution in [0.25, 0.3) is 0 Å². The van der Waals surface area contributed by atoms with Crippen LogP contribution in [0.4, 0.5) is 0 Å². The number of hydrogen-bond acceptors (Lipinski definition) is 5. The molecule has 0 aromatic carbocycles. The van der Waals surface area contributed by atoms with Gasteiger partial charge in [0.05, 0.1) is 32.0 Å². The molecule has 21 heavy (non-hydrogen) atoms. The second-order valence-corrected chi connectivity index (χ2v) is 6.59. The van der Waals surface area contributed by atoms with Crippen molar-refractivity contribution in [2.45, 2.75) is 51.4 Å². The summed E-state index contributed by atoms with van der Waals surface area (Å²) >= 11 is 0. The average molecular weight is 300 g/mol. The van der Waals surface area contributed by atoms with Crippen molar-refractivity contribution < 1.29 is 14.6 Å². The van der Waals surface area contributed by atoms with Crippen molar-refractivity contribution in [2.75, 3.05) is 52.5 Å². The zero-order valence-corrected chi connectivity index (χ0v) is 13.7. The molecule has 2 heterocycles. The standard InChI is InChI=1S/C16H32N2O3/c1-14(2)21-13-16(19)12-18-6-4-3-5-15(18)11-17-7-9-20-10-8-17/h14-16,19H,3-13H2,1-2H3. The van der Waals surface area contributed by atoms with Gasteiger partial charge in [-0.05, 0) is 33.2 Å². The Morgan fingerprint density at radius 3 is 2.67 bits per heavy atom. The lowest BCUT2D eigenvalue weighted by Crippen LogP contribution is -2.51. The number of nitrogens with zero attached hydrogens (tertiary/aromatic N) is 2. The summed E-state index contributed by atoms with van der Waals surface area (Å²) in [6, 6.07) is 0.575. The van der Waals surface area contributed by atoms with Crippen LogP contribution < -0.4 is 0 Å². The highest BCUT2D eigenvalue weighted by Gasteiger charge is 2.26. The van der Waals surface area contributed by atoms with Crippen LogP contribution in [-0.2, 0) is 9.47 Å². The Kier molecular flexibility index (Phi) is 7.40. The predicted molar refractivity (Wildman–Crippen MR) is 83.6 cm³/mol. The summed E-state index contributed by atoms with van der Waals surface area (Å²) in [6.07, 6.45) is 3.61. The third-order valence-corrected chi connectivity index (χ3v) is 4.39. The summed E-state index contributed by atoms with van der Waals surface area (Å²) in [7, 11) is 0. The Morgan fingerprint density at radius 2 is 1.95 bits per heavy atom. The topological polar surface area (TPSA) is 45.2 Å². The number of piperidine rings is 1. The Morgan fingerprint density at radius 1 is 1.19 bits per heavy atom. The van der Waals surface area contributed by atoms with Gasteiger partial charge in [-0.25, -0.2) is 0 Å². The molecule has 5 nitrogen and oxygen atoms in total. The van der Waals surface area contributed by atoms with Crippen molar-refractivity contribution in [3.63, 3.8) is 0 Å². The molecule has 5 heteroatoms. The first-order valence-electron chi connectivity index (χ1n) is 8.49. The molecule has 2 saturated heterocycles. The van der Waals surface area contributed by atoms with Gasteiger partial charge in [-0.2, -0.15) is 0 Å². The van der Waals surface area contributed by atoms with Gasteiger partial charge < -0.3 is 14.6 Å². The van der Waals surface area contributed by atoms with E-state index in [1.54, 1.807) is 0 Å². The van der Waals surface area contributed by atoms with Gasteiger partial charge in [0, 0.05) is 32.2 Å². The molecule has 2 fully saturated rings. The first-order chi connectivity index (χ1) is 10.1. The molecular formula is C16H32N2O3. The maximum Gasteiger partial charge on any atom is 0.0900 e. The SMILES string of the molecule is CC(C)OCC(O)CN1CCCCC1CN1CCOCC1. The Labute approximate surface area is 129 Å². The zero-order valence-electron chi connectivity index (χ0n) is 13.7. The summed E-state index contributed by atoms with van der Waals surface area (Å²) in [4.78, 5) is 4.97. The van der Waals surface area contributed by atoms with Crippen LogP contribution in [0.15, 0.2) is 0 Å². The largest absolute Gasteiger partial charge is 0.389 e. The number of morpholine rings is 1. The number of β-amino-alcohol motifs (C(OH)–C–C–N with tert-alkyl or cyclic N) is 1. The second-order valence-electron chi connectivity index (χ2n) is 6.59. The molecule has 0 bridgehead atoms. The molecule has 0 aromatic heterocycles. The molecule has 2 atom stereocenters. The number of ether oxygens (including phenoxy) is 2. The van der Waals surface area contributed by atoms with E-state index in [0.717, 1.165) is 45.9 Å². The van der Waals surface area contributed by atoms with Crippen LogP contribution in [0.3, 0.4) is 0 Å². The lowest BCUT2D eigenvalue weighted by Gasteiger charge is -2.40. The third-order valence-electron chi connectivity index (χ3n) is 4.39. The van der Waals surface area contributed by atoms with Crippen LogP contribution in [0.2, 0.25) is 0 Å². The molecule has 2 unspecified atom stereocenters. The molecular weight excluding hydrogens is 268 g/mol. The first-order valence-corrected chi connectivity index (χ1v) is 8.49. The van der Waals surface area contributed by atoms with Gasteiger partial charge >= 0.3 is 0 Å². The van der Waals surface area contributed by atoms with Gasteiger partial charge in [0.2, 0.25) is 0 Å². The van der Waals surface area contributed by atoms with Crippen molar-refractivity contribution >= 4 is 0 Å². The molecule has 2 aliphatic rings. The molecule has 0 saturated carbocycles. The summed E-state index contributed by atoms with van der Waals surface area (Å²) < 4.78 is 10.9. The van der Waals surface area contributed by atoms with E-state index in [4.69, 9.17) is 9.47 Å². The number of likely N-dealkylation sites (tertiary alicyclic amines) is 1. The quantitative estimate of drug-likeness (QED) is 0.759. The fourth-order valence-corrected chi connectivity index (χ4v) is 3.22. The van der Waals surface area contributed by atoms with Gasteiger partial charge in [-0.15, -0.1) is 0 Å². The Balaban J connectivity index is 1.77. The molecule has 2 aliphatic heterocycles. The van der Waals surface area contributed by atoms with Gasteiger partial charge in [0.15, 0.2) is 0 Å². The molecule has 1 N–H and O–H groups in total. The first kappa shape index (κ1) is 17.2. The van der Waals surface area contributed by atoms with Crippen molar-refractivity contribution in [1.29, 1.82) is 0 Å². The smallest absolute Gasteiger partial charge is 0.0900 e. The molecule has 0 radical (unpaired) electrons. The normalized spacial score (nSPS) is 27.1. The second kappa shape index (κ2) is 9.06. The zero-order chi connectivity index (χ0) is 15.1. The molecule has 124 valence electrons. The Bertz CT molecular complexity index is 283. The van der Waals surface area contributed by atoms with E-state index >= 15 is 0 Å². The number of hydrogen-bond donors (Lipinski definition) is 1. The number of aliphatic hydroxyl groups is 1. The minimum absolute atomic E-state index is 0.185. The molecule has 0 amide bonds. The van der Waals surface area contributed by atoms with Gasteiger partial charge in [0.1, 0.15) is 0 Å². The van der Waals surface area contributed by atoms with Crippen molar-refractivity contribution in [3.05, 3.63) is 0 Å². The van der Waals surface area contributed by atoms with Gasteiger partial charge in [-0.1, -0.05) is 6.42 Å². The lowest BCUT2D eigenvalue weighted by atomic mass is 10.0. The van der Waals surface area contributed by atoms with E-state index in [9.17, 15) is 5.11 Å². The third kappa shape index (κ3) is 6.20. The van der Waals surface area contributed by atoms with Crippen LogP contribution in [0.5, 0.6) is 0 Å². The monoisotopic (exact) mass is 300 g/mol. The minimum atomic E-state index is -0.377. The highest BCUT2D eigenvalue weighted by Crippen LogP contribution is 2.19. The fourth-order valence-electron chi connectivity index (χ4n) is 3.22. The van der Waals surface area contributed by atoms with E-state index in [1.165, 1.54) is 19.3 Å². The van der Waals surface area contributed by atoms with Gasteiger partial charge in [0.25, 0.3) is 0 Å². The van der Waals surface area contributed by atoms with E-state index in [-0.39, 0.29) is 12.2 Å². The number of rotatable bonds is 7. The van der Waals surface area contributed by atoms with Crippen molar-refractivity contribution in [3.8, 4) is 0 Å². The average Bonchev–Trinajstić information content (AvgIpc) is 2.48. The van der Waals surface area contributed by atoms with E-state index in [2.05, 4.69) is 9.80 Å². The van der Waals surface area contributed by atoms with Crippen LogP contribution in [0.1, 0.15) is 33.1 Å². The van der Waals surface area contributed by atoms with Gasteiger partial charge in [-0.3, -0.25) is 9.80 Å². The van der Waals surface area contributed by atoms with Crippen LogP contribution in [0, 0.1) is 0 Å². The Hall–Kier alpha value is -0.200. The van der Waals surface area contributed by atoms with Crippen molar-refractivity contribution in [2.24, 2.45) is 0 Å². The molecule has 0 aromatic rings. The lowest BCUT2D eigenvalue weighted by molar-refractivity contribution is -0.0270. The van der Waals surface area contributed by atoms with E-state index < -0.39 is 0 Å². The van der Waals surface area contributed by atoms with Crippen LogP contribution >= 0.6 is 0 Å². The maximum absolute atomic E-state index is 10.2. The summed E-state index contributed by atoms with van der Waals surface area (Å²) in [5.41, 5.74) is 0. The summed E-state index contributed by atoms with van der Waals surface area (Å²) in [6.45, 7) is 11.2. The predicted octanol–water partition coefficient (Wildman–Crippen LogP) is 0.959. The summed E-state index contributed by atoms with van der Waals surface area (Å²) in [5, 5.41) is 10.2. The van der Waals surface area contributed by atoms with E-state index in [1.807, 2.05) is 13.8 Å². The highest BCUT2D eigenvalue weighted by atomic mass is 16.5. The van der Waals surface area contributed by atoms with Crippen LogP contribution in [-0.4, -0.2) is 85.7 Å². The molecule has 0 spiro atoms. The fraction of sp³-hybridized carbons (Fsp3) is 1.00. The number of aliphatic hydroxyl groups excluding tert-OH is 1. The maximum atomic E-state index is 10.2. The minimum Gasteiger partial charge on any atom is -0.389 e. The molecule has 0 aliphatic carbocycles. The highest BCUT2D eigenvalue weighted by molar-refractivity contribution is 4.82. The molecule has 2 rings (SSSR count).